The lowest BCUT2D eigenvalue weighted by molar-refractivity contribution is 0.00757. The summed E-state index contributed by atoms with van der Waals surface area (Å²) < 4.78 is 5.77. The maximum absolute atomic E-state index is 10.5. The molecule has 2 aromatic rings. The normalized spacial score (nSPS) is 14.1. The van der Waals surface area contributed by atoms with E-state index in [2.05, 4.69) is 19.9 Å². The van der Waals surface area contributed by atoms with Crippen molar-refractivity contribution in [2.75, 3.05) is 6.61 Å². The van der Waals surface area contributed by atoms with Crippen LogP contribution >= 0.6 is 0 Å². The molecule has 0 aliphatic heterocycles. The topological polar surface area (TPSA) is 29.5 Å². The van der Waals surface area contributed by atoms with Gasteiger partial charge in [-0.05, 0) is 36.1 Å². The second-order valence-electron chi connectivity index (χ2n) is 5.66. The molecule has 0 spiro atoms. The Labute approximate surface area is 121 Å². The van der Waals surface area contributed by atoms with Gasteiger partial charge in [-0.15, -0.1) is 0 Å². The molecule has 0 radical (unpaired) electrons. The first kappa shape index (κ1) is 14.6. The zero-order valence-corrected chi connectivity index (χ0v) is 12.3. The highest BCUT2D eigenvalue weighted by atomic mass is 16.5. The average molecular weight is 270 g/mol. The van der Waals surface area contributed by atoms with Crippen LogP contribution in [0.5, 0.6) is 5.75 Å². The summed E-state index contributed by atoms with van der Waals surface area (Å²) in [5.41, 5.74) is 1.11. The summed E-state index contributed by atoms with van der Waals surface area (Å²) in [6.45, 7) is 6.31. The van der Waals surface area contributed by atoms with Crippen molar-refractivity contribution in [1.29, 1.82) is 0 Å². The monoisotopic (exact) mass is 270 g/mol. The zero-order valence-electron chi connectivity index (χ0n) is 12.3. The van der Waals surface area contributed by atoms with Crippen LogP contribution in [-0.4, -0.2) is 11.7 Å². The molecule has 0 aliphatic rings. The van der Waals surface area contributed by atoms with Crippen LogP contribution in [0, 0.1) is 0 Å². The van der Waals surface area contributed by atoms with E-state index >= 15 is 0 Å². The molecule has 2 nitrogen and oxygen atoms in total. The van der Waals surface area contributed by atoms with Gasteiger partial charge in [0.05, 0.1) is 0 Å². The Balaban J connectivity index is 2.06. The summed E-state index contributed by atoms with van der Waals surface area (Å²) in [7, 11) is 0. The quantitative estimate of drug-likeness (QED) is 0.886. The van der Waals surface area contributed by atoms with E-state index in [1.807, 2.05) is 48.5 Å². The van der Waals surface area contributed by atoms with Crippen LogP contribution in [0.2, 0.25) is 0 Å². The van der Waals surface area contributed by atoms with Gasteiger partial charge in [-0.3, -0.25) is 0 Å². The molecule has 20 heavy (non-hydrogen) atoms. The number of benzene rings is 2. The second-order valence-corrected chi connectivity index (χ2v) is 5.66. The number of hydrogen-bond acceptors (Lipinski definition) is 2. The molecule has 0 aromatic heterocycles. The van der Waals surface area contributed by atoms with Gasteiger partial charge in [0.25, 0.3) is 0 Å². The van der Waals surface area contributed by atoms with Gasteiger partial charge in [-0.25, -0.2) is 0 Å². The lowest BCUT2D eigenvalue weighted by Crippen LogP contribution is -2.29. The molecule has 0 bridgehead atoms. The Kier molecular flexibility index (Phi) is 4.46. The van der Waals surface area contributed by atoms with Gasteiger partial charge in [0.15, 0.2) is 0 Å². The number of aliphatic hydroxyl groups is 1. The highest BCUT2D eigenvalue weighted by Gasteiger charge is 2.23. The predicted octanol–water partition coefficient (Wildman–Crippen LogP) is 4.10. The van der Waals surface area contributed by atoms with E-state index in [-0.39, 0.29) is 6.61 Å². The summed E-state index contributed by atoms with van der Waals surface area (Å²) in [5, 5.41) is 10.5. The molecule has 1 atom stereocenters. The summed E-state index contributed by atoms with van der Waals surface area (Å²) in [5.74, 6) is 1.26. The van der Waals surface area contributed by atoms with Gasteiger partial charge in [0.2, 0.25) is 0 Å². The Morgan fingerprint density at radius 3 is 2.40 bits per heavy atom. The fraction of sp³-hybridized carbons (Fsp3) is 0.333. The molecule has 2 heteroatoms. The third-order valence-corrected chi connectivity index (χ3v) is 3.44. The van der Waals surface area contributed by atoms with Crippen molar-refractivity contribution in [3.05, 3.63) is 65.7 Å². The zero-order chi connectivity index (χ0) is 14.6. The van der Waals surface area contributed by atoms with Crippen molar-refractivity contribution in [2.24, 2.45) is 0 Å². The van der Waals surface area contributed by atoms with Gasteiger partial charge < -0.3 is 9.84 Å². The molecule has 0 aliphatic carbocycles. The molecule has 2 rings (SSSR count). The molecule has 0 saturated heterocycles. The van der Waals surface area contributed by atoms with Gasteiger partial charge in [0, 0.05) is 0 Å². The highest BCUT2D eigenvalue weighted by molar-refractivity contribution is 5.30. The van der Waals surface area contributed by atoms with Crippen molar-refractivity contribution in [3.63, 3.8) is 0 Å². The third-order valence-electron chi connectivity index (χ3n) is 3.44. The largest absolute Gasteiger partial charge is 0.490 e. The summed E-state index contributed by atoms with van der Waals surface area (Å²) in [6, 6.07) is 17.6. The summed E-state index contributed by atoms with van der Waals surface area (Å²) in [4.78, 5) is 0. The van der Waals surface area contributed by atoms with E-state index in [1.165, 1.54) is 5.56 Å². The first-order chi connectivity index (χ1) is 9.49. The van der Waals surface area contributed by atoms with Gasteiger partial charge >= 0.3 is 0 Å². The first-order valence-corrected chi connectivity index (χ1v) is 7.00. The number of rotatable bonds is 5. The maximum atomic E-state index is 10.5. The lowest BCUT2D eigenvalue weighted by Gasteiger charge is -2.24. The van der Waals surface area contributed by atoms with E-state index < -0.39 is 5.60 Å². The molecule has 0 amide bonds. The van der Waals surface area contributed by atoms with Crippen molar-refractivity contribution >= 4 is 0 Å². The van der Waals surface area contributed by atoms with Crippen molar-refractivity contribution in [2.45, 2.75) is 32.3 Å². The SMILES string of the molecule is CC(C)c1cccc(OCC(C)(O)c2ccccc2)c1. The van der Waals surface area contributed by atoms with Gasteiger partial charge in [0.1, 0.15) is 18.0 Å². The van der Waals surface area contributed by atoms with Gasteiger partial charge in [-0.2, -0.15) is 0 Å². The highest BCUT2D eigenvalue weighted by Crippen LogP contribution is 2.24. The third kappa shape index (κ3) is 3.61. The Morgan fingerprint density at radius 1 is 1.05 bits per heavy atom. The van der Waals surface area contributed by atoms with Crippen molar-refractivity contribution < 1.29 is 9.84 Å². The lowest BCUT2D eigenvalue weighted by atomic mass is 9.97. The Morgan fingerprint density at radius 2 is 1.75 bits per heavy atom. The molecule has 106 valence electrons. The Bertz CT molecular complexity index is 544. The standard InChI is InChI=1S/C18H22O2/c1-14(2)15-8-7-11-17(12-15)20-13-18(3,19)16-9-5-4-6-10-16/h4-12,14,19H,13H2,1-3H3. The second kappa shape index (κ2) is 6.10. The van der Waals surface area contributed by atoms with Crippen LogP contribution in [0.4, 0.5) is 0 Å². The first-order valence-electron chi connectivity index (χ1n) is 7.00. The van der Waals surface area contributed by atoms with Crippen LogP contribution in [0.25, 0.3) is 0 Å². The summed E-state index contributed by atoms with van der Waals surface area (Å²) >= 11 is 0. The van der Waals surface area contributed by atoms with Crippen LogP contribution < -0.4 is 4.74 Å². The molecule has 0 heterocycles. The molecule has 0 fully saturated rings. The summed E-state index contributed by atoms with van der Waals surface area (Å²) in [6.07, 6.45) is 0. The van der Waals surface area contributed by atoms with Crippen LogP contribution in [-0.2, 0) is 5.60 Å². The Hall–Kier alpha value is -1.80. The predicted molar refractivity (Wildman–Crippen MR) is 82.0 cm³/mol. The van der Waals surface area contributed by atoms with Crippen LogP contribution in [0.1, 0.15) is 37.8 Å². The smallest absolute Gasteiger partial charge is 0.121 e. The molecule has 0 saturated carbocycles. The van der Waals surface area contributed by atoms with E-state index in [9.17, 15) is 5.11 Å². The fourth-order valence-corrected chi connectivity index (χ4v) is 2.07. The average Bonchev–Trinajstić information content (AvgIpc) is 2.46. The van der Waals surface area contributed by atoms with Crippen LogP contribution in [0.3, 0.4) is 0 Å². The fourth-order valence-electron chi connectivity index (χ4n) is 2.07. The van der Waals surface area contributed by atoms with E-state index in [0.29, 0.717) is 5.92 Å². The van der Waals surface area contributed by atoms with Crippen LogP contribution in [0.15, 0.2) is 54.6 Å². The minimum Gasteiger partial charge on any atom is -0.490 e. The molecule has 1 N–H and O–H groups in total. The van der Waals surface area contributed by atoms with Gasteiger partial charge in [-0.1, -0.05) is 56.3 Å². The molecular formula is C18H22O2. The minimum atomic E-state index is -0.991. The molecular weight excluding hydrogens is 248 g/mol. The number of hydrogen-bond donors (Lipinski definition) is 1. The van der Waals surface area contributed by atoms with E-state index in [4.69, 9.17) is 4.74 Å². The maximum Gasteiger partial charge on any atom is 0.121 e. The van der Waals surface area contributed by atoms with Crippen molar-refractivity contribution in [3.8, 4) is 5.75 Å². The van der Waals surface area contributed by atoms with Crippen molar-refractivity contribution in [1.82, 2.24) is 0 Å². The minimum absolute atomic E-state index is 0.235. The van der Waals surface area contributed by atoms with E-state index in [0.717, 1.165) is 11.3 Å². The molecule has 2 aromatic carbocycles. The molecule has 1 unspecified atom stereocenters. The van der Waals surface area contributed by atoms with E-state index in [1.54, 1.807) is 6.92 Å². The number of ether oxygens (including phenoxy) is 1.